The van der Waals surface area contributed by atoms with E-state index in [9.17, 15) is 4.79 Å². The number of likely N-dealkylation sites (N-methyl/N-ethyl adjacent to an activating group) is 2. The molecule has 10 heteroatoms. The largest absolute Gasteiger partial charge is 0.380 e. The van der Waals surface area contributed by atoms with Gasteiger partial charge in [0, 0.05) is 31.5 Å². The van der Waals surface area contributed by atoms with Crippen molar-refractivity contribution in [1.82, 2.24) is 20.4 Å². The van der Waals surface area contributed by atoms with Crippen LogP contribution in [-0.2, 0) is 9.53 Å². The van der Waals surface area contributed by atoms with Gasteiger partial charge in [0.15, 0.2) is 17.5 Å². The Balaban J connectivity index is 1.58. The number of pyridine rings is 1. The summed E-state index contributed by atoms with van der Waals surface area (Å²) >= 11 is 0. The molecule has 10 nitrogen and oxygen atoms in total. The van der Waals surface area contributed by atoms with Gasteiger partial charge in [-0.15, -0.1) is 0 Å². The minimum absolute atomic E-state index is 0.00701. The normalized spacial score (nSPS) is 19.4. The first-order chi connectivity index (χ1) is 15.0. The van der Waals surface area contributed by atoms with Gasteiger partial charge in [0.25, 0.3) is 0 Å². The number of nitrogens with two attached hydrogens (primary N) is 1. The van der Waals surface area contributed by atoms with Crippen LogP contribution in [0.5, 0.6) is 0 Å². The number of fused-ring (bicyclic) bond motifs is 1. The first kappa shape index (κ1) is 21.0. The first-order valence-electron chi connectivity index (χ1n) is 10.5. The van der Waals surface area contributed by atoms with Crippen LogP contribution < -0.4 is 21.0 Å². The lowest BCUT2D eigenvalue weighted by atomic mass is 10.1. The number of aromatic nitrogens is 3. The molecule has 1 saturated heterocycles. The molecule has 1 amide bonds. The molecule has 2 aromatic heterocycles. The van der Waals surface area contributed by atoms with Crippen molar-refractivity contribution < 1.29 is 9.53 Å². The van der Waals surface area contributed by atoms with E-state index in [4.69, 9.17) is 15.5 Å². The van der Waals surface area contributed by atoms with Crippen LogP contribution in [0, 0.1) is 6.92 Å². The van der Waals surface area contributed by atoms with Crippen molar-refractivity contribution in [3.05, 3.63) is 29.7 Å². The predicted octanol–water partition coefficient (Wildman–Crippen LogP) is 1.39. The third-order valence-electron chi connectivity index (χ3n) is 5.48. The fraction of sp³-hybridized carbons (Fsp3) is 0.476. The Hall–Kier alpha value is -3.27. The van der Waals surface area contributed by atoms with E-state index in [-0.39, 0.29) is 12.1 Å². The number of hydrogen-bond donors (Lipinski definition) is 2. The van der Waals surface area contributed by atoms with Crippen LogP contribution in [0.25, 0.3) is 11.3 Å². The van der Waals surface area contributed by atoms with Gasteiger partial charge in [-0.3, -0.25) is 15.1 Å². The molecule has 0 radical (unpaired) electrons. The molecule has 2 aliphatic heterocycles. The van der Waals surface area contributed by atoms with Gasteiger partial charge < -0.3 is 15.4 Å². The standard InChI is InChI=1S/C21H28N8O2/c1-4-29-18(30)12-28(3)20-21(29)25-16(11-23-20)14-8-9-15(24-13(14)2)19(22)27-26-17-7-5-6-10-31-17/h8-9,11,17,26H,4-7,10,12H2,1-3H3,(H2,22,27). The smallest absolute Gasteiger partial charge is 0.247 e. The van der Waals surface area contributed by atoms with E-state index in [2.05, 4.69) is 20.5 Å². The third-order valence-corrected chi connectivity index (χ3v) is 5.48. The maximum Gasteiger partial charge on any atom is 0.247 e. The van der Waals surface area contributed by atoms with Crippen molar-refractivity contribution in [1.29, 1.82) is 0 Å². The molecule has 0 aromatic carbocycles. The molecule has 2 aliphatic rings. The van der Waals surface area contributed by atoms with Gasteiger partial charge in [-0.2, -0.15) is 5.10 Å². The zero-order chi connectivity index (χ0) is 22.0. The highest BCUT2D eigenvalue weighted by Crippen LogP contribution is 2.31. The number of anilines is 2. The molecule has 0 saturated carbocycles. The number of aryl methyl sites for hydroxylation is 1. The Morgan fingerprint density at radius 1 is 1.32 bits per heavy atom. The molecule has 2 aromatic rings. The van der Waals surface area contributed by atoms with Crippen molar-refractivity contribution in [2.45, 2.75) is 39.3 Å². The molecule has 31 heavy (non-hydrogen) atoms. The topological polar surface area (TPSA) is 122 Å². The minimum atomic E-state index is -0.110. The summed E-state index contributed by atoms with van der Waals surface area (Å²) < 4.78 is 5.60. The summed E-state index contributed by atoms with van der Waals surface area (Å²) in [6, 6.07) is 3.71. The van der Waals surface area contributed by atoms with Crippen molar-refractivity contribution in [2.75, 3.05) is 36.5 Å². The van der Waals surface area contributed by atoms with Crippen LogP contribution in [0.1, 0.15) is 37.6 Å². The van der Waals surface area contributed by atoms with Crippen molar-refractivity contribution >= 4 is 23.4 Å². The molecule has 0 spiro atoms. The second-order valence-corrected chi connectivity index (χ2v) is 7.71. The number of carbonyl (C=O) groups is 1. The van der Waals surface area contributed by atoms with E-state index in [1.54, 1.807) is 17.2 Å². The van der Waals surface area contributed by atoms with E-state index in [1.807, 2.05) is 31.9 Å². The lowest BCUT2D eigenvalue weighted by Gasteiger charge is -2.32. The van der Waals surface area contributed by atoms with Crippen LogP contribution in [0.4, 0.5) is 11.6 Å². The van der Waals surface area contributed by atoms with Crippen LogP contribution >= 0.6 is 0 Å². The molecule has 1 atom stereocenters. The molecule has 164 valence electrons. The zero-order valence-corrected chi connectivity index (χ0v) is 18.1. The van der Waals surface area contributed by atoms with E-state index >= 15 is 0 Å². The second-order valence-electron chi connectivity index (χ2n) is 7.71. The molecule has 4 heterocycles. The molecule has 0 bridgehead atoms. The average molecular weight is 425 g/mol. The highest BCUT2D eigenvalue weighted by Gasteiger charge is 2.29. The van der Waals surface area contributed by atoms with Gasteiger partial charge in [0.1, 0.15) is 11.9 Å². The Labute approximate surface area is 181 Å². The fourth-order valence-electron chi connectivity index (χ4n) is 3.78. The Kier molecular flexibility index (Phi) is 5.99. The number of amidine groups is 1. The van der Waals surface area contributed by atoms with E-state index < -0.39 is 0 Å². The Morgan fingerprint density at radius 3 is 2.87 bits per heavy atom. The third kappa shape index (κ3) is 4.29. The summed E-state index contributed by atoms with van der Waals surface area (Å²) in [5.74, 6) is 1.57. The fourth-order valence-corrected chi connectivity index (χ4v) is 3.78. The summed E-state index contributed by atoms with van der Waals surface area (Å²) in [7, 11) is 1.84. The van der Waals surface area contributed by atoms with Crippen LogP contribution in [-0.4, -0.2) is 59.7 Å². The maximum absolute atomic E-state index is 12.4. The summed E-state index contributed by atoms with van der Waals surface area (Å²) in [5, 5.41) is 4.24. The lowest BCUT2D eigenvalue weighted by Crippen LogP contribution is -2.45. The van der Waals surface area contributed by atoms with E-state index in [0.29, 0.717) is 41.9 Å². The molecular weight excluding hydrogens is 396 g/mol. The van der Waals surface area contributed by atoms with Gasteiger partial charge in [0.05, 0.1) is 18.4 Å². The monoisotopic (exact) mass is 424 g/mol. The van der Waals surface area contributed by atoms with Crippen molar-refractivity contribution in [3.8, 4) is 11.3 Å². The van der Waals surface area contributed by atoms with Gasteiger partial charge >= 0.3 is 0 Å². The maximum atomic E-state index is 12.4. The molecule has 0 aliphatic carbocycles. The van der Waals surface area contributed by atoms with Gasteiger partial charge in [-0.05, 0) is 45.2 Å². The molecule has 4 rings (SSSR count). The number of ether oxygens (including phenoxy) is 1. The summed E-state index contributed by atoms with van der Waals surface area (Å²) in [4.78, 5) is 29.7. The number of hydrogen-bond acceptors (Lipinski definition) is 8. The molecule has 3 N–H and O–H groups in total. The summed E-state index contributed by atoms with van der Waals surface area (Å²) in [6.07, 6.45) is 4.69. The SMILES string of the molecule is CCN1C(=O)CN(C)c2ncc(-c3ccc(/C(N)=N/NC4CCCCO4)nc3C)nc21. The molecule has 1 fully saturated rings. The Morgan fingerprint density at radius 2 is 2.16 bits per heavy atom. The Bertz CT molecular complexity index is 1000. The van der Waals surface area contributed by atoms with Crippen molar-refractivity contribution in [3.63, 3.8) is 0 Å². The quantitative estimate of drug-likeness (QED) is 0.419. The van der Waals surface area contributed by atoms with Gasteiger partial charge in [-0.1, -0.05) is 0 Å². The number of amides is 1. The van der Waals surface area contributed by atoms with Gasteiger partial charge in [-0.25, -0.2) is 15.0 Å². The van der Waals surface area contributed by atoms with E-state index in [1.165, 1.54) is 0 Å². The average Bonchev–Trinajstić information content (AvgIpc) is 2.78. The minimum Gasteiger partial charge on any atom is -0.380 e. The summed E-state index contributed by atoms with van der Waals surface area (Å²) in [5.41, 5.74) is 11.9. The number of carbonyl (C=O) groups excluding carboxylic acids is 1. The van der Waals surface area contributed by atoms with E-state index in [0.717, 1.165) is 37.1 Å². The number of nitrogens with zero attached hydrogens (tertiary/aromatic N) is 6. The highest BCUT2D eigenvalue weighted by molar-refractivity contribution is 6.01. The zero-order valence-electron chi connectivity index (χ0n) is 18.1. The van der Waals surface area contributed by atoms with Crippen LogP contribution in [0.2, 0.25) is 0 Å². The van der Waals surface area contributed by atoms with Crippen molar-refractivity contribution in [2.24, 2.45) is 10.8 Å². The molecular formula is C21H28N8O2. The highest BCUT2D eigenvalue weighted by atomic mass is 16.5. The van der Waals surface area contributed by atoms with Crippen LogP contribution in [0.3, 0.4) is 0 Å². The second kappa shape index (κ2) is 8.84. The molecule has 1 unspecified atom stereocenters. The number of nitrogens with one attached hydrogen (secondary N) is 1. The van der Waals surface area contributed by atoms with Gasteiger partial charge in [0.2, 0.25) is 5.91 Å². The lowest BCUT2D eigenvalue weighted by molar-refractivity contribution is -0.117. The summed E-state index contributed by atoms with van der Waals surface area (Å²) in [6.45, 7) is 5.39. The number of hydrazone groups is 1. The van der Waals surface area contributed by atoms with Crippen LogP contribution in [0.15, 0.2) is 23.4 Å². The first-order valence-corrected chi connectivity index (χ1v) is 10.5. The number of rotatable bonds is 5. The predicted molar refractivity (Wildman–Crippen MR) is 119 cm³/mol.